The lowest BCUT2D eigenvalue weighted by Crippen LogP contribution is -2.20. The van der Waals surface area contributed by atoms with Crippen molar-refractivity contribution in [2.24, 2.45) is 0 Å². The number of amides is 1. The maximum Gasteiger partial charge on any atom is 0.390 e. The van der Waals surface area contributed by atoms with Gasteiger partial charge in [-0.2, -0.15) is 4.68 Å². The molecule has 0 saturated carbocycles. The molecule has 0 bridgehead atoms. The Balaban J connectivity index is 1.82. The largest absolute Gasteiger partial charge is 0.455 e. The molecule has 3 rings (SSSR count). The summed E-state index contributed by atoms with van der Waals surface area (Å²) in [6, 6.07) is 9.39. The van der Waals surface area contributed by atoms with Gasteiger partial charge in [-0.15, -0.1) is 0 Å². The molecule has 31 heavy (non-hydrogen) atoms. The van der Waals surface area contributed by atoms with Crippen LogP contribution in [0.2, 0.25) is 10.0 Å². The number of carbonyl (C=O) groups is 1. The number of ether oxygens (including phenoxy) is 1. The number of nitro groups is 2. The van der Waals surface area contributed by atoms with Crippen LogP contribution in [0.1, 0.15) is 5.69 Å². The van der Waals surface area contributed by atoms with Crippen LogP contribution in [-0.4, -0.2) is 25.5 Å². The number of carbonyl (C=O) groups excluding carboxylic acids is 1. The van der Waals surface area contributed by atoms with Gasteiger partial charge in [0.05, 0.1) is 38.6 Å². The first kappa shape index (κ1) is 22.0. The quantitative estimate of drug-likeness (QED) is 0.391. The molecule has 13 heteroatoms. The maximum absolute atomic E-state index is 12.4. The van der Waals surface area contributed by atoms with E-state index in [1.165, 1.54) is 36.4 Å². The number of nitro benzene ring substituents is 1. The second-order valence-electron chi connectivity index (χ2n) is 6.26. The van der Waals surface area contributed by atoms with Crippen molar-refractivity contribution in [2.75, 3.05) is 5.32 Å². The Hall–Kier alpha value is -3.70. The van der Waals surface area contributed by atoms with E-state index in [0.717, 1.165) is 10.7 Å². The number of hydrogen-bond acceptors (Lipinski definition) is 7. The minimum atomic E-state index is -0.673. The van der Waals surface area contributed by atoms with E-state index in [0.29, 0.717) is 10.7 Å². The number of benzene rings is 2. The Bertz CT molecular complexity index is 1200. The zero-order chi connectivity index (χ0) is 22.7. The number of hydrogen-bond donors (Lipinski definition) is 1. The van der Waals surface area contributed by atoms with Crippen molar-refractivity contribution in [3.8, 4) is 11.5 Å². The first-order chi connectivity index (χ1) is 14.6. The zero-order valence-electron chi connectivity index (χ0n) is 15.7. The number of halogens is 2. The Morgan fingerprint density at radius 1 is 1.13 bits per heavy atom. The summed E-state index contributed by atoms with van der Waals surface area (Å²) in [7, 11) is 0. The highest BCUT2D eigenvalue weighted by molar-refractivity contribution is 6.35. The molecular weight excluding hydrogens is 453 g/mol. The van der Waals surface area contributed by atoms with Gasteiger partial charge in [-0.05, 0) is 30.0 Å². The lowest BCUT2D eigenvalue weighted by molar-refractivity contribution is -0.389. The van der Waals surface area contributed by atoms with Crippen LogP contribution in [0.3, 0.4) is 0 Å². The van der Waals surface area contributed by atoms with E-state index in [2.05, 4.69) is 10.4 Å². The first-order valence-corrected chi connectivity index (χ1v) is 9.29. The molecular formula is C18H13Cl2N5O6. The molecule has 1 heterocycles. The van der Waals surface area contributed by atoms with Gasteiger partial charge in [-0.1, -0.05) is 23.2 Å². The van der Waals surface area contributed by atoms with Crippen LogP contribution in [0.15, 0.2) is 42.5 Å². The molecule has 0 aliphatic carbocycles. The molecule has 0 aliphatic rings. The van der Waals surface area contributed by atoms with Gasteiger partial charge in [0.25, 0.3) is 5.69 Å². The van der Waals surface area contributed by atoms with Gasteiger partial charge in [0.15, 0.2) is 0 Å². The van der Waals surface area contributed by atoms with Gasteiger partial charge in [0.1, 0.15) is 18.0 Å². The molecule has 1 aromatic heterocycles. The monoisotopic (exact) mass is 465 g/mol. The van der Waals surface area contributed by atoms with Gasteiger partial charge in [0.2, 0.25) is 5.91 Å². The molecule has 0 aliphatic heterocycles. The third-order valence-electron chi connectivity index (χ3n) is 3.96. The molecule has 0 fully saturated rings. The highest BCUT2D eigenvalue weighted by Gasteiger charge is 2.19. The second kappa shape index (κ2) is 8.98. The third kappa shape index (κ3) is 5.47. The molecule has 1 amide bonds. The van der Waals surface area contributed by atoms with Crippen molar-refractivity contribution >= 4 is 46.3 Å². The van der Waals surface area contributed by atoms with E-state index in [-0.39, 0.29) is 34.4 Å². The summed E-state index contributed by atoms with van der Waals surface area (Å²) in [5, 5.41) is 28.9. The van der Waals surface area contributed by atoms with Crippen LogP contribution in [-0.2, 0) is 11.3 Å². The summed E-state index contributed by atoms with van der Waals surface area (Å²) in [6.07, 6.45) is 0. The molecule has 3 aromatic rings. The molecule has 2 aromatic carbocycles. The molecule has 1 N–H and O–H groups in total. The van der Waals surface area contributed by atoms with Crippen LogP contribution in [0.5, 0.6) is 11.5 Å². The molecule has 160 valence electrons. The topological polar surface area (TPSA) is 142 Å². The smallest absolute Gasteiger partial charge is 0.390 e. The van der Waals surface area contributed by atoms with E-state index in [1.807, 2.05) is 0 Å². The van der Waals surface area contributed by atoms with Crippen molar-refractivity contribution in [3.05, 3.63) is 78.4 Å². The van der Waals surface area contributed by atoms with E-state index in [1.54, 1.807) is 6.92 Å². The predicted octanol–water partition coefficient (Wildman–Crippen LogP) is 4.75. The van der Waals surface area contributed by atoms with E-state index in [9.17, 15) is 25.0 Å². The van der Waals surface area contributed by atoms with Gasteiger partial charge >= 0.3 is 5.82 Å². The fourth-order valence-corrected chi connectivity index (χ4v) is 3.03. The van der Waals surface area contributed by atoms with Crippen LogP contribution >= 0.6 is 23.2 Å². The van der Waals surface area contributed by atoms with Crippen molar-refractivity contribution < 1.29 is 19.4 Å². The number of non-ortho nitro benzene ring substituents is 1. The number of anilines is 1. The molecule has 11 nitrogen and oxygen atoms in total. The summed E-state index contributed by atoms with van der Waals surface area (Å²) in [4.78, 5) is 33.1. The summed E-state index contributed by atoms with van der Waals surface area (Å²) in [5.74, 6) is -0.726. The van der Waals surface area contributed by atoms with Crippen molar-refractivity contribution in [3.63, 3.8) is 0 Å². The summed E-state index contributed by atoms with van der Waals surface area (Å²) < 4.78 is 6.75. The Labute approximate surface area is 184 Å². The van der Waals surface area contributed by atoms with Crippen molar-refractivity contribution in [1.82, 2.24) is 9.78 Å². The standard InChI is InChI=1S/C18H13Cl2N5O6/c1-10-4-17(25(29)30)22-23(10)9-18(26)21-12-6-13(24(27)28)8-14(7-12)31-16-3-2-11(19)5-15(16)20/h2-8H,9H2,1H3,(H,21,26). The highest BCUT2D eigenvalue weighted by Crippen LogP contribution is 2.34. The molecule has 0 radical (unpaired) electrons. The van der Waals surface area contributed by atoms with Gasteiger partial charge in [-0.25, -0.2) is 0 Å². The fourth-order valence-electron chi connectivity index (χ4n) is 2.58. The first-order valence-electron chi connectivity index (χ1n) is 8.53. The molecule has 0 saturated heterocycles. The SMILES string of the molecule is Cc1cc([N+](=O)[O-])nn1CC(=O)Nc1cc(Oc2ccc(Cl)cc2Cl)cc([N+](=O)[O-])c1. The number of rotatable bonds is 7. The lowest BCUT2D eigenvalue weighted by Gasteiger charge is -2.10. The zero-order valence-corrected chi connectivity index (χ0v) is 17.3. The molecule has 0 spiro atoms. The van der Waals surface area contributed by atoms with Crippen LogP contribution in [0.25, 0.3) is 0 Å². The normalized spacial score (nSPS) is 10.5. The van der Waals surface area contributed by atoms with Gasteiger partial charge in [-0.3, -0.25) is 14.9 Å². The van der Waals surface area contributed by atoms with Gasteiger partial charge < -0.3 is 20.2 Å². The van der Waals surface area contributed by atoms with E-state index in [4.69, 9.17) is 27.9 Å². The maximum atomic E-state index is 12.4. The van der Waals surface area contributed by atoms with Crippen molar-refractivity contribution in [1.29, 1.82) is 0 Å². The fraction of sp³-hybridized carbons (Fsp3) is 0.111. The summed E-state index contributed by atoms with van der Waals surface area (Å²) in [5.41, 5.74) is 0.157. The van der Waals surface area contributed by atoms with Crippen LogP contribution < -0.4 is 10.1 Å². The minimum absolute atomic E-state index is 0.0552. The Morgan fingerprint density at radius 3 is 2.48 bits per heavy atom. The number of nitrogens with one attached hydrogen (secondary N) is 1. The molecule has 0 unspecified atom stereocenters. The summed E-state index contributed by atoms with van der Waals surface area (Å²) >= 11 is 11.9. The summed E-state index contributed by atoms with van der Waals surface area (Å²) in [6.45, 7) is 1.23. The number of aromatic nitrogens is 2. The number of aryl methyl sites for hydroxylation is 1. The average Bonchev–Trinajstić information content (AvgIpc) is 3.04. The third-order valence-corrected chi connectivity index (χ3v) is 4.49. The van der Waals surface area contributed by atoms with E-state index >= 15 is 0 Å². The Morgan fingerprint density at radius 2 is 1.87 bits per heavy atom. The van der Waals surface area contributed by atoms with Crippen LogP contribution in [0.4, 0.5) is 17.2 Å². The second-order valence-corrected chi connectivity index (χ2v) is 7.10. The lowest BCUT2D eigenvalue weighted by atomic mass is 10.2. The average molecular weight is 466 g/mol. The minimum Gasteiger partial charge on any atom is -0.455 e. The van der Waals surface area contributed by atoms with E-state index < -0.39 is 21.6 Å². The molecule has 0 atom stereocenters. The van der Waals surface area contributed by atoms with Crippen molar-refractivity contribution in [2.45, 2.75) is 13.5 Å². The number of nitrogens with zero attached hydrogens (tertiary/aromatic N) is 4. The Kier molecular flexibility index (Phi) is 6.37. The predicted molar refractivity (Wildman–Crippen MR) is 112 cm³/mol. The van der Waals surface area contributed by atoms with Crippen LogP contribution in [0, 0.1) is 27.2 Å². The van der Waals surface area contributed by atoms with Gasteiger partial charge in [0, 0.05) is 17.2 Å². The highest BCUT2D eigenvalue weighted by atomic mass is 35.5.